The third kappa shape index (κ3) is 2.13. The van der Waals surface area contributed by atoms with Gasteiger partial charge in [-0.15, -0.1) is 0 Å². The molecule has 0 unspecified atom stereocenters. The van der Waals surface area contributed by atoms with Gasteiger partial charge in [-0.25, -0.2) is 4.79 Å². The molecule has 0 atom stereocenters. The van der Waals surface area contributed by atoms with Gasteiger partial charge in [0.05, 0.1) is 11.0 Å². The molecule has 0 aromatic heterocycles. The summed E-state index contributed by atoms with van der Waals surface area (Å²) in [7, 11) is 0. The second-order valence-electron chi connectivity index (χ2n) is 7.48. The molecule has 0 saturated heterocycles. The van der Waals surface area contributed by atoms with Crippen molar-refractivity contribution >= 4 is 11.9 Å². The molecule has 3 fully saturated rings. The Morgan fingerprint density at radius 1 is 1.10 bits per heavy atom. The van der Waals surface area contributed by atoms with Crippen molar-refractivity contribution in [3.8, 4) is 0 Å². The number of hydrogen-bond donors (Lipinski definition) is 1. The van der Waals surface area contributed by atoms with Crippen molar-refractivity contribution in [2.45, 2.75) is 51.0 Å². The van der Waals surface area contributed by atoms with E-state index in [-0.39, 0.29) is 11.4 Å². The molecule has 0 heterocycles. The molecule has 3 aliphatic carbocycles. The van der Waals surface area contributed by atoms with Crippen LogP contribution in [-0.4, -0.2) is 22.6 Å². The first-order valence-electron chi connectivity index (χ1n) is 7.23. The predicted molar refractivity (Wildman–Crippen MR) is 77.2 cm³/mol. The molecule has 3 aliphatic rings. The summed E-state index contributed by atoms with van der Waals surface area (Å²) in [5, 5.41) is 9.16. The van der Waals surface area contributed by atoms with Crippen molar-refractivity contribution in [2.75, 3.05) is 0 Å². The van der Waals surface area contributed by atoms with Crippen LogP contribution in [0.3, 0.4) is 0 Å². The Morgan fingerprint density at radius 3 is 2.05 bits per heavy atom. The van der Waals surface area contributed by atoms with Crippen LogP contribution < -0.4 is 0 Å². The fourth-order valence-electron chi connectivity index (χ4n) is 3.62. The highest BCUT2D eigenvalue weighted by Crippen LogP contribution is 2.73. The summed E-state index contributed by atoms with van der Waals surface area (Å²) in [6.45, 7) is 5.52. The Morgan fingerprint density at radius 2 is 1.62 bits per heavy atom. The fraction of sp³-hybridized carbons (Fsp3) is 0.529. The molecule has 1 aromatic rings. The maximum absolute atomic E-state index is 12.0. The van der Waals surface area contributed by atoms with Crippen LogP contribution in [0.15, 0.2) is 24.3 Å². The van der Waals surface area contributed by atoms with Gasteiger partial charge in [-0.2, -0.15) is 0 Å². The van der Waals surface area contributed by atoms with Crippen molar-refractivity contribution in [3.63, 3.8) is 0 Å². The second kappa shape index (κ2) is 4.09. The lowest BCUT2D eigenvalue weighted by atomic mass is 9.33. The topological polar surface area (TPSA) is 63.6 Å². The number of hydrogen-bond acceptors (Lipinski definition) is 3. The van der Waals surface area contributed by atoms with Gasteiger partial charge in [0.15, 0.2) is 0 Å². The minimum atomic E-state index is -0.672. The molecule has 0 spiro atoms. The largest absolute Gasteiger partial charge is 0.481 e. The van der Waals surface area contributed by atoms with E-state index in [9.17, 15) is 9.59 Å². The lowest BCUT2D eigenvalue weighted by molar-refractivity contribution is -0.194. The summed E-state index contributed by atoms with van der Waals surface area (Å²) in [4.78, 5) is 23.1. The average molecular weight is 288 g/mol. The van der Waals surface area contributed by atoms with Crippen LogP contribution in [0.5, 0.6) is 0 Å². The van der Waals surface area contributed by atoms with Gasteiger partial charge in [-0.1, -0.05) is 12.1 Å². The Labute approximate surface area is 124 Å². The smallest absolute Gasteiger partial charge is 0.338 e. The normalized spacial score (nSPS) is 30.0. The summed E-state index contributed by atoms with van der Waals surface area (Å²) in [6.07, 6.45) is 2.17. The first-order chi connectivity index (χ1) is 9.66. The molecule has 4 rings (SSSR count). The first kappa shape index (κ1) is 14.1. The van der Waals surface area contributed by atoms with E-state index in [1.165, 1.54) is 0 Å². The van der Waals surface area contributed by atoms with E-state index in [4.69, 9.17) is 9.84 Å². The van der Waals surface area contributed by atoms with Crippen LogP contribution in [0.4, 0.5) is 0 Å². The Kier molecular flexibility index (Phi) is 2.75. The van der Waals surface area contributed by atoms with E-state index in [1.54, 1.807) is 12.1 Å². The van der Waals surface area contributed by atoms with E-state index in [0.29, 0.717) is 5.56 Å². The molecule has 0 aliphatic heterocycles. The van der Waals surface area contributed by atoms with E-state index in [0.717, 1.165) is 24.8 Å². The second-order valence-corrected chi connectivity index (χ2v) is 7.48. The number of carbonyl (C=O) groups excluding carboxylic acids is 1. The van der Waals surface area contributed by atoms with Crippen molar-refractivity contribution < 1.29 is 19.4 Å². The standard InChI is InChI=1S/C17H20O4/c1-15(2,3)21-13(18)11-4-6-12(7-5-11)16-8-17(9-16,10-16)14(19)20/h4-7H,8-10H2,1-3H3,(H,19,20). The molecule has 1 N–H and O–H groups in total. The molecular weight excluding hydrogens is 268 g/mol. The van der Waals surface area contributed by atoms with Gasteiger partial charge in [0.2, 0.25) is 0 Å². The zero-order chi connectivity index (χ0) is 15.5. The van der Waals surface area contributed by atoms with E-state index in [2.05, 4.69) is 0 Å². The summed E-state index contributed by atoms with van der Waals surface area (Å²) >= 11 is 0. The van der Waals surface area contributed by atoms with Gasteiger partial charge in [-0.3, -0.25) is 4.79 Å². The maximum Gasteiger partial charge on any atom is 0.338 e. The Hall–Kier alpha value is -1.84. The van der Waals surface area contributed by atoms with E-state index in [1.807, 2.05) is 32.9 Å². The number of ether oxygens (including phenoxy) is 1. The average Bonchev–Trinajstić information content (AvgIpc) is 2.23. The van der Waals surface area contributed by atoms with Crippen LogP contribution in [0.2, 0.25) is 0 Å². The number of aliphatic carboxylic acids is 1. The Balaban J connectivity index is 1.70. The zero-order valence-corrected chi connectivity index (χ0v) is 12.6. The minimum absolute atomic E-state index is 0.0326. The number of carbonyl (C=O) groups is 2. The molecule has 112 valence electrons. The lowest BCUT2D eigenvalue weighted by Crippen LogP contribution is -2.67. The maximum atomic E-state index is 12.0. The number of rotatable bonds is 3. The van der Waals surface area contributed by atoms with Crippen molar-refractivity contribution in [1.82, 2.24) is 0 Å². The number of carboxylic acids is 1. The van der Waals surface area contributed by atoms with Crippen molar-refractivity contribution in [1.29, 1.82) is 0 Å². The van der Waals surface area contributed by atoms with Crippen LogP contribution in [0.25, 0.3) is 0 Å². The van der Waals surface area contributed by atoms with Crippen LogP contribution >= 0.6 is 0 Å². The summed E-state index contributed by atoms with van der Waals surface area (Å²) < 4.78 is 5.33. The number of benzene rings is 1. The van der Waals surface area contributed by atoms with Crippen LogP contribution in [-0.2, 0) is 14.9 Å². The Bertz CT molecular complexity index is 587. The molecule has 0 radical (unpaired) electrons. The van der Waals surface area contributed by atoms with Crippen molar-refractivity contribution in [2.24, 2.45) is 5.41 Å². The zero-order valence-electron chi connectivity index (χ0n) is 12.6. The van der Waals surface area contributed by atoms with Crippen molar-refractivity contribution in [3.05, 3.63) is 35.4 Å². The van der Waals surface area contributed by atoms with E-state index >= 15 is 0 Å². The summed E-state index contributed by atoms with van der Waals surface area (Å²) in [6, 6.07) is 7.42. The highest BCUT2D eigenvalue weighted by atomic mass is 16.6. The third-order valence-corrected chi connectivity index (χ3v) is 4.62. The fourth-order valence-corrected chi connectivity index (χ4v) is 3.62. The highest BCUT2D eigenvalue weighted by molar-refractivity contribution is 5.89. The monoisotopic (exact) mass is 288 g/mol. The molecule has 1 aromatic carbocycles. The van der Waals surface area contributed by atoms with Gasteiger partial charge in [-0.05, 0) is 63.1 Å². The van der Waals surface area contributed by atoms with Gasteiger partial charge in [0.25, 0.3) is 0 Å². The SMILES string of the molecule is CC(C)(C)OC(=O)c1ccc(C23CC(C(=O)O)(C2)C3)cc1. The third-order valence-electron chi connectivity index (χ3n) is 4.62. The van der Waals surface area contributed by atoms with Gasteiger partial charge in [0, 0.05) is 0 Å². The number of carboxylic acid groups (broad SMARTS) is 1. The summed E-state index contributed by atoms with van der Waals surface area (Å²) in [5.41, 5.74) is 0.734. The predicted octanol–water partition coefficient (Wildman–Crippen LogP) is 3.15. The molecule has 4 heteroatoms. The van der Waals surface area contributed by atoms with E-state index < -0.39 is 17.0 Å². The van der Waals surface area contributed by atoms with Crippen LogP contribution in [0.1, 0.15) is 56.0 Å². The van der Waals surface area contributed by atoms with Crippen LogP contribution in [0, 0.1) is 5.41 Å². The molecular formula is C17H20O4. The molecule has 21 heavy (non-hydrogen) atoms. The number of esters is 1. The lowest BCUT2D eigenvalue weighted by Gasteiger charge is -2.68. The van der Waals surface area contributed by atoms with Gasteiger partial charge < -0.3 is 9.84 Å². The molecule has 2 bridgehead atoms. The molecule has 3 saturated carbocycles. The minimum Gasteiger partial charge on any atom is -0.481 e. The molecule has 4 nitrogen and oxygen atoms in total. The highest BCUT2D eigenvalue weighted by Gasteiger charge is 2.72. The molecule has 0 amide bonds. The van der Waals surface area contributed by atoms with Gasteiger partial charge in [0.1, 0.15) is 5.60 Å². The summed E-state index contributed by atoms with van der Waals surface area (Å²) in [5.74, 6) is -0.997. The van der Waals surface area contributed by atoms with Gasteiger partial charge >= 0.3 is 11.9 Å². The quantitative estimate of drug-likeness (QED) is 0.868. The first-order valence-corrected chi connectivity index (χ1v) is 7.23.